The Morgan fingerprint density at radius 2 is 2.04 bits per heavy atom. The molecule has 0 unspecified atom stereocenters. The van der Waals surface area contributed by atoms with Gasteiger partial charge in [0.15, 0.2) is 20.6 Å². The van der Waals surface area contributed by atoms with Crippen LogP contribution in [-0.4, -0.2) is 36.1 Å². The molecule has 0 atom stereocenters. The van der Waals surface area contributed by atoms with Gasteiger partial charge < -0.3 is 4.74 Å². The minimum Gasteiger partial charge on any atom is -0.461 e. The van der Waals surface area contributed by atoms with E-state index in [4.69, 9.17) is 4.74 Å². The summed E-state index contributed by atoms with van der Waals surface area (Å²) in [5.74, 6) is -0.965. The minimum atomic E-state index is -3.73. The van der Waals surface area contributed by atoms with Gasteiger partial charge in [-0.05, 0) is 32.4 Å². The minimum absolute atomic E-state index is 0.116. The third-order valence-corrected chi connectivity index (χ3v) is 5.46. The second kappa shape index (κ2) is 6.24. The second-order valence-corrected chi connectivity index (χ2v) is 7.97. The number of ether oxygens (including phenoxy) is 1. The molecular weight excluding hydrogens is 330 g/mol. The van der Waals surface area contributed by atoms with Gasteiger partial charge >= 0.3 is 5.97 Å². The first-order valence-electron chi connectivity index (χ1n) is 7.51. The van der Waals surface area contributed by atoms with Crippen LogP contribution in [0.4, 0.5) is 0 Å². The average Bonchev–Trinajstić information content (AvgIpc) is 2.94. The highest BCUT2D eigenvalue weighted by atomic mass is 32.2. The Labute approximate surface area is 140 Å². The van der Waals surface area contributed by atoms with E-state index in [2.05, 4.69) is 11.1 Å². The number of hydrogen-bond donors (Lipinski definition) is 0. The van der Waals surface area contributed by atoms with Crippen molar-refractivity contribution in [2.45, 2.75) is 38.1 Å². The van der Waals surface area contributed by atoms with Crippen molar-refractivity contribution in [1.82, 2.24) is 9.38 Å². The van der Waals surface area contributed by atoms with E-state index in [0.717, 1.165) is 0 Å². The third-order valence-electron chi connectivity index (χ3n) is 3.72. The number of carbonyl (C=O) groups is 1. The Hall–Kier alpha value is -2.40. The standard InChI is InChI=1S/C16H19N3O4S/c1-5-23-15(20)13-14(24(21,22)6-2)19-9-11(16(3,4)10-17)7-8-12(19)18-13/h7-9H,5-6H2,1-4H3. The number of carbonyl (C=O) groups excluding carboxylic acids is 1. The first-order chi connectivity index (χ1) is 11.2. The molecule has 24 heavy (non-hydrogen) atoms. The lowest BCUT2D eigenvalue weighted by Gasteiger charge is -2.16. The number of esters is 1. The van der Waals surface area contributed by atoms with Crippen LogP contribution in [0.15, 0.2) is 23.4 Å². The number of nitrogens with zero attached hydrogens (tertiary/aromatic N) is 3. The van der Waals surface area contributed by atoms with Crippen molar-refractivity contribution in [3.63, 3.8) is 0 Å². The van der Waals surface area contributed by atoms with E-state index in [9.17, 15) is 18.5 Å². The quantitative estimate of drug-likeness (QED) is 0.766. The predicted molar refractivity (Wildman–Crippen MR) is 87.5 cm³/mol. The van der Waals surface area contributed by atoms with E-state index >= 15 is 0 Å². The smallest absolute Gasteiger partial charge is 0.359 e. The molecule has 2 aromatic heterocycles. The number of sulfone groups is 1. The number of pyridine rings is 1. The maximum atomic E-state index is 12.5. The zero-order valence-electron chi connectivity index (χ0n) is 14.0. The van der Waals surface area contributed by atoms with Gasteiger partial charge in [0.2, 0.25) is 0 Å². The zero-order valence-corrected chi connectivity index (χ0v) is 14.8. The molecule has 0 aliphatic heterocycles. The molecule has 0 aliphatic carbocycles. The van der Waals surface area contributed by atoms with Gasteiger partial charge in [-0.1, -0.05) is 13.0 Å². The van der Waals surface area contributed by atoms with Crippen molar-refractivity contribution in [3.05, 3.63) is 29.6 Å². The molecule has 0 radical (unpaired) electrons. The van der Waals surface area contributed by atoms with Crippen molar-refractivity contribution >= 4 is 21.5 Å². The molecular formula is C16H19N3O4S. The lowest BCUT2D eigenvalue weighted by Crippen LogP contribution is -2.17. The lowest BCUT2D eigenvalue weighted by molar-refractivity contribution is 0.0515. The molecule has 0 fully saturated rings. The fourth-order valence-corrected chi connectivity index (χ4v) is 3.37. The van der Waals surface area contributed by atoms with Crippen LogP contribution in [0.25, 0.3) is 5.65 Å². The fraction of sp³-hybridized carbons (Fsp3) is 0.438. The molecule has 2 heterocycles. The lowest BCUT2D eigenvalue weighted by atomic mass is 9.88. The van der Waals surface area contributed by atoms with Crippen LogP contribution in [0.3, 0.4) is 0 Å². The van der Waals surface area contributed by atoms with E-state index in [1.807, 2.05) is 0 Å². The Bertz CT molecular complexity index is 936. The molecule has 0 aromatic carbocycles. The first kappa shape index (κ1) is 17.9. The number of hydrogen-bond acceptors (Lipinski definition) is 6. The summed E-state index contributed by atoms with van der Waals surface area (Å²) in [5.41, 5.74) is -0.110. The van der Waals surface area contributed by atoms with Crippen molar-refractivity contribution in [1.29, 1.82) is 5.26 Å². The van der Waals surface area contributed by atoms with Crippen molar-refractivity contribution in [3.8, 4) is 6.07 Å². The highest BCUT2D eigenvalue weighted by Crippen LogP contribution is 2.26. The van der Waals surface area contributed by atoms with Gasteiger partial charge in [-0.15, -0.1) is 0 Å². The van der Waals surface area contributed by atoms with Gasteiger partial charge in [-0.25, -0.2) is 18.2 Å². The molecule has 7 nitrogen and oxygen atoms in total. The van der Waals surface area contributed by atoms with Crippen LogP contribution in [0.2, 0.25) is 0 Å². The van der Waals surface area contributed by atoms with Gasteiger partial charge in [-0.2, -0.15) is 5.26 Å². The van der Waals surface area contributed by atoms with Gasteiger partial charge in [0, 0.05) is 6.20 Å². The Morgan fingerprint density at radius 1 is 1.38 bits per heavy atom. The highest BCUT2D eigenvalue weighted by Gasteiger charge is 2.30. The largest absolute Gasteiger partial charge is 0.461 e. The van der Waals surface area contributed by atoms with Crippen molar-refractivity contribution in [2.75, 3.05) is 12.4 Å². The predicted octanol–water partition coefficient (Wildman–Crippen LogP) is 2.11. The molecule has 0 spiro atoms. The SMILES string of the molecule is CCOC(=O)c1nc2ccc(C(C)(C)C#N)cn2c1S(=O)(=O)CC. The topological polar surface area (TPSA) is 102 Å². The summed E-state index contributed by atoms with van der Waals surface area (Å²) in [6, 6.07) is 5.46. The molecule has 0 saturated carbocycles. The van der Waals surface area contributed by atoms with Crippen molar-refractivity contribution < 1.29 is 17.9 Å². The molecule has 2 rings (SSSR count). The summed E-state index contributed by atoms with van der Waals surface area (Å²) in [4.78, 5) is 16.2. The molecule has 0 amide bonds. The van der Waals surface area contributed by atoms with Gasteiger partial charge in [0.05, 0.1) is 23.8 Å². The number of rotatable bonds is 5. The zero-order chi connectivity index (χ0) is 18.1. The number of fused-ring (bicyclic) bond motifs is 1. The summed E-state index contributed by atoms with van der Waals surface area (Å²) in [7, 11) is -3.73. The summed E-state index contributed by atoms with van der Waals surface area (Å²) >= 11 is 0. The van der Waals surface area contributed by atoms with Crippen LogP contribution in [0, 0.1) is 11.3 Å². The highest BCUT2D eigenvalue weighted by molar-refractivity contribution is 7.91. The van der Waals surface area contributed by atoms with E-state index in [0.29, 0.717) is 11.2 Å². The monoisotopic (exact) mass is 349 g/mol. The Balaban J connectivity index is 2.84. The molecule has 0 saturated heterocycles. The molecule has 0 N–H and O–H groups in total. The van der Waals surface area contributed by atoms with Crippen LogP contribution in [0.1, 0.15) is 43.7 Å². The molecule has 2 aromatic rings. The fourth-order valence-electron chi connectivity index (χ4n) is 2.22. The number of imidazole rings is 1. The summed E-state index contributed by atoms with van der Waals surface area (Å²) in [5, 5.41) is 9.09. The molecule has 0 bridgehead atoms. The van der Waals surface area contributed by atoms with E-state index in [-0.39, 0.29) is 23.1 Å². The molecule has 128 valence electrons. The summed E-state index contributed by atoms with van der Waals surface area (Å²) < 4.78 is 31.3. The van der Waals surface area contributed by atoms with E-state index in [1.54, 1.807) is 32.9 Å². The summed E-state index contributed by atoms with van der Waals surface area (Å²) in [6.45, 7) is 6.70. The van der Waals surface area contributed by atoms with Crippen molar-refractivity contribution in [2.24, 2.45) is 0 Å². The van der Waals surface area contributed by atoms with Crippen LogP contribution < -0.4 is 0 Å². The van der Waals surface area contributed by atoms with Gasteiger partial charge in [-0.3, -0.25) is 4.40 Å². The van der Waals surface area contributed by atoms with Crippen LogP contribution in [-0.2, 0) is 20.0 Å². The van der Waals surface area contributed by atoms with Gasteiger partial charge in [0.1, 0.15) is 5.65 Å². The third kappa shape index (κ3) is 2.99. The summed E-state index contributed by atoms with van der Waals surface area (Å²) in [6.07, 6.45) is 1.54. The number of nitriles is 1. The second-order valence-electron chi connectivity index (χ2n) is 5.77. The Morgan fingerprint density at radius 3 is 2.58 bits per heavy atom. The van der Waals surface area contributed by atoms with E-state index in [1.165, 1.54) is 17.5 Å². The molecule has 0 aliphatic rings. The number of aromatic nitrogens is 2. The maximum absolute atomic E-state index is 12.5. The average molecular weight is 349 g/mol. The maximum Gasteiger partial charge on any atom is 0.359 e. The molecule has 8 heteroatoms. The normalized spacial score (nSPS) is 12.1. The van der Waals surface area contributed by atoms with Gasteiger partial charge in [0.25, 0.3) is 0 Å². The Kier molecular flexibility index (Phi) is 4.67. The van der Waals surface area contributed by atoms with E-state index < -0.39 is 21.2 Å². The van der Waals surface area contributed by atoms with Crippen LogP contribution >= 0.6 is 0 Å². The first-order valence-corrected chi connectivity index (χ1v) is 9.17. The van der Waals surface area contributed by atoms with Crippen LogP contribution in [0.5, 0.6) is 0 Å².